The number of benzene rings is 3. The lowest BCUT2D eigenvalue weighted by Gasteiger charge is -2.30. The van der Waals surface area contributed by atoms with Gasteiger partial charge in [0.2, 0.25) is 11.8 Å². The number of hydrogen-bond donors (Lipinski definition) is 1. The fourth-order valence-corrected chi connectivity index (χ4v) is 3.76. The molecule has 0 heterocycles. The van der Waals surface area contributed by atoms with Crippen LogP contribution in [0, 0.1) is 0 Å². The zero-order valence-electron chi connectivity index (χ0n) is 18.9. The summed E-state index contributed by atoms with van der Waals surface area (Å²) in [6.45, 7) is 4.09. The van der Waals surface area contributed by atoms with Gasteiger partial charge in [0.05, 0.1) is 13.5 Å². The number of carbonyl (C=O) groups is 2. The number of carbonyl (C=O) groups excluding carboxylic acids is 2. The van der Waals surface area contributed by atoms with E-state index in [0.29, 0.717) is 19.4 Å². The van der Waals surface area contributed by atoms with Crippen molar-refractivity contribution in [3.63, 3.8) is 0 Å². The van der Waals surface area contributed by atoms with Crippen LogP contribution in [0.1, 0.15) is 30.5 Å². The van der Waals surface area contributed by atoms with E-state index in [4.69, 9.17) is 4.74 Å². The first kappa shape index (κ1) is 23.1. The molecule has 0 aliphatic rings. The number of hydrogen-bond acceptors (Lipinski definition) is 3. The summed E-state index contributed by atoms with van der Waals surface area (Å²) in [5, 5.41) is 2.75. The van der Waals surface area contributed by atoms with Crippen molar-refractivity contribution in [1.82, 2.24) is 4.90 Å². The Labute approximate surface area is 190 Å². The predicted octanol–water partition coefficient (Wildman–Crippen LogP) is 4.86. The van der Waals surface area contributed by atoms with Gasteiger partial charge in [-0.2, -0.15) is 0 Å². The predicted molar refractivity (Wildman–Crippen MR) is 128 cm³/mol. The molecule has 0 fully saturated rings. The van der Waals surface area contributed by atoms with Crippen LogP contribution in [0.25, 0.3) is 0 Å². The van der Waals surface area contributed by atoms with Crippen molar-refractivity contribution in [1.29, 1.82) is 0 Å². The molecule has 1 N–H and O–H groups in total. The smallest absolute Gasteiger partial charge is 0.227 e. The topological polar surface area (TPSA) is 58.6 Å². The van der Waals surface area contributed by atoms with Gasteiger partial charge in [0, 0.05) is 25.2 Å². The minimum atomic E-state index is -0.118. The highest BCUT2D eigenvalue weighted by Crippen LogP contribution is 2.22. The summed E-state index contributed by atoms with van der Waals surface area (Å²) in [6, 6.07) is 25.4. The third kappa shape index (κ3) is 6.45. The largest absolute Gasteiger partial charge is 0.496 e. The lowest BCUT2D eigenvalue weighted by Crippen LogP contribution is -2.40. The van der Waals surface area contributed by atoms with Crippen LogP contribution in [0.4, 0.5) is 5.69 Å². The molecule has 0 bridgehead atoms. The van der Waals surface area contributed by atoms with Gasteiger partial charge in [-0.25, -0.2) is 0 Å². The van der Waals surface area contributed by atoms with E-state index in [1.807, 2.05) is 83.8 Å². The molecule has 32 heavy (non-hydrogen) atoms. The molecule has 166 valence electrons. The van der Waals surface area contributed by atoms with Crippen LogP contribution < -0.4 is 10.1 Å². The first-order valence-electron chi connectivity index (χ1n) is 10.8. The summed E-state index contributed by atoms with van der Waals surface area (Å²) in [7, 11) is 1.67. The Morgan fingerprint density at radius 1 is 0.906 bits per heavy atom. The van der Waals surface area contributed by atoms with Gasteiger partial charge in [0.15, 0.2) is 0 Å². The first-order valence-corrected chi connectivity index (χ1v) is 10.8. The van der Waals surface area contributed by atoms with Crippen molar-refractivity contribution < 1.29 is 14.3 Å². The maximum Gasteiger partial charge on any atom is 0.227 e. The van der Waals surface area contributed by atoms with E-state index < -0.39 is 0 Å². The number of rotatable bonds is 9. The zero-order valence-corrected chi connectivity index (χ0v) is 18.9. The average molecular weight is 431 g/mol. The lowest BCUT2D eigenvalue weighted by molar-refractivity contribution is -0.133. The third-order valence-corrected chi connectivity index (χ3v) is 5.39. The van der Waals surface area contributed by atoms with E-state index in [2.05, 4.69) is 12.2 Å². The molecular formula is C27H30N2O3. The molecule has 0 aliphatic carbocycles. The van der Waals surface area contributed by atoms with Gasteiger partial charge in [-0.05, 0) is 48.2 Å². The Kier molecular flexibility index (Phi) is 8.03. The molecule has 1 atom stereocenters. The van der Waals surface area contributed by atoms with E-state index in [9.17, 15) is 9.59 Å². The van der Waals surface area contributed by atoms with Crippen LogP contribution in [0.3, 0.4) is 0 Å². The van der Waals surface area contributed by atoms with Crippen LogP contribution in [-0.2, 0) is 29.0 Å². The highest BCUT2D eigenvalue weighted by Gasteiger charge is 2.22. The van der Waals surface area contributed by atoms with Crippen molar-refractivity contribution in [3.05, 3.63) is 95.6 Å². The standard InChI is InChI=1S/C27H30N2O3/c1-20(17-24-11-7-8-12-26(24)32-3)29(19-23-9-5-4-6-10-23)27(31)18-22-13-15-25(16-14-22)28-21(2)30/h4-16,20H,17-19H2,1-3H3,(H,28,30). The monoisotopic (exact) mass is 430 g/mol. The number of ether oxygens (including phenoxy) is 1. The Hall–Kier alpha value is -3.60. The lowest BCUT2D eigenvalue weighted by atomic mass is 10.0. The van der Waals surface area contributed by atoms with E-state index >= 15 is 0 Å². The zero-order chi connectivity index (χ0) is 22.9. The average Bonchev–Trinajstić information content (AvgIpc) is 2.79. The number of nitrogens with zero attached hydrogens (tertiary/aromatic N) is 1. The Morgan fingerprint density at radius 3 is 2.22 bits per heavy atom. The second kappa shape index (κ2) is 11.1. The van der Waals surface area contributed by atoms with Gasteiger partial charge in [-0.1, -0.05) is 60.7 Å². The second-order valence-corrected chi connectivity index (χ2v) is 7.93. The summed E-state index contributed by atoms with van der Waals surface area (Å²) in [6.07, 6.45) is 0.994. The maximum absolute atomic E-state index is 13.4. The molecule has 0 saturated carbocycles. The van der Waals surface area contributed by atoms with E-state index in [-0.39, 0.29) is 17.9 Å². The summed E-state index contributed by atoms with van der Waals surface area (Å²) in [5.41, 5.74) is 3.80. The molecule has 3 aromatic rings. The molecule has 5 nitrogen and oxygen atoms in total. The molecule has 0 aliphatic heterocycles. The van der Waals surface area contributed by atoms with E-state index in [1.54, 1.807) is 7.11 Å². The van der Waals surface area contributed by atoms with Crippen molar-refractivity contribution in [3.8, 4) is 5.75 Å². The molecule has 0 spiro atoms. The van der Waals surface area contributed by atoms with Crippen molar-refractivity contribution in [2.24, 2.45) is 0 Å². The molecule has 5 heteroatoms. The number of nitrogens with one attached hydrogen (secondary N) is 1. The molecule has 2 amide bonds. The van der Waals surface area contributed by atoms with Crippen molar-refractivity contribution in [2.45, 2.75) is 39.3 Å². The molecule has 3 rings (SSSR count). The van der Waals surface area contributed by atoms with Crippen molar-refractivity contribution in [2.75, 3.05) is 12.4 Å². The number of amides is 2. The van der Waals surface area contributed by atoms with Crippen LogP contribution in [0.15, 0.2) is 78.9 Å². The number of anilines is 1. The molecule has 1 unspecified atom stereocenters. The van der Waals surface area contributed by atoms with Gasteiger partial charge in [0.1, 0.15) is 5.75 Å². The summed E-state index contributed by atoms with van der Waals surface area (Å²) in [5.74, 6) is 0.775. The fourth-order valence-electron chi connectivity index (χ4n) is 3.76. The van der Waals surface area contributed by atoms with Crippen molar-refractivity contribution >= 4 is 17.5 Å². The van der Waals surface area contributed by atoms with Crippen LogP contribution >= 0.6 is 0 Å². The quantitative estimate of drug-likeness (QED) is 0.528. The highest BCUT2D eigenvalue weighted by atomic mass is 16.5. The maximum atomic E-state index is 13.4. The Bertz CT molecular complexity index is 1030. The van der Waals surface area contributed by atoms with E-state index in [0.717, 1.165) is 28.1 Å². The minimum absolute atomic E-state index is 0.0161. The Morgan fingerprint density at radius 2 is 1.56 bits per heavy atom. The van der Waals surface area contributed by atoms with Gasteiger partial charge in [0.25, 0.3) is 0 Å². The van der Waals surface area contributed by atoms with Gasteiger partial charge in [-0.3, -0.25) is 9.59 Å². The molecule has 0 radical (unpaired) electrons. The van der Waals surface area contributed by atoms with E-state index in [1.165, 1.54) is 6.92 Å². The number of methoxy groups -OCH3 is 1. The normalized spacial score (nSPS) is 11.5. The first-order chi connectivity index (χ1) is 15.5. The van der Waals surface area contributed by atoms with Gasteiger partial charge < -0.3 is 15.0 Å². The SMILES string of the molecule is COc1ccccc1CC(C)N(Cc1ccccc1)C(=O)Cc1ccc(NC(C)=O)cc1. The van der Waals surface area contributed by atoms with Crippen LogP contribution in [-0.4, -0.2) is 29.9 Å². The second-order valence-electron chi connectivity index (χ2n) is 7.93. The third-order valence-electron chi connectivity index (χ3n) is 5.39. The van der Waals surface area contributed by atoms with Gasteiger partial charge >= 0.3 is 0 Å². The van der Waals surface area contributed by atoms with Crippen LogP contribution in [0.5, 0.6) is 5.75 Å². The molecule has 3 aromatic carbocycles. The van der Waals surface area contributed by atoms with Crippen LogP contribution in [0.2, 0.25) is 0 Å². The fraction of sp³-hybridized carbons (Fsp3) is 0.259. The van der Waals surface area contributed by atoms with Gasteiger partial charge in [-0.15, -0.1) is 0 Å². The summed E-state index contributed by atoms with van der Waals surface area (Å²) >= 11 is 0. The summed E-state index contributed by atoms with van der Waals surface area (Å²) < 4.78 is 5.51. The number of para-hydroxylation sites is 1. The Balaban J connectivity index is 1.78. The minimum Gasteiger partial charge on any atom is -0.496 e. The molecule has 0 aromatic heterocycles. The highest BCUT2D eigenvalue weighted by molar-refractivity contribution is 5.88. The molecule has 0 saturated heterocycles. The summed E-state index contributed by atoms with van der Waals surface area (Å²) in [4.78, 5) is 26.6. The molecular weight excluding hydrogens is 400 g/mol.